The molecule has 1 saturated heterocycles. The van der Waals surface area contributed by atoms with Gasteiger partial charge in [0.05, 0.1) is 5.70 Å². The zero-order valence-electron chi connectivity index (χ0n) is 16.5. The second-order valence-corrected chi connectivity index (χ2v) is 7.60. The van der Waals surface area contributed by atoms with Gasteiger partial charge in [-0.1, -0.05) is 18.2 Å². The van der Waals surface area contributed by atoms with Crippen molar-refractivity contribution >= 4 is 23.6 Å². The van der Waals surface area contributed by atoms with E-state index in [1.807, 2.05) is 18.2 Å². The molecule has 9 heteroatoms. The first kappa shape index (κ1) is 19.1. The number of nitrogens with two attached hydrogens (primary N) is 1. The lowest BCUT2D eigenvalue weighted by atomic mass is 10.1. The Balaban J connectivity index is 1.39. The van der Waals surface area contributed by atoms with Crippen LogP contribution in [0, 0.1) is 0 Å². The van der Waals surface area contributed by atoms with E-state index in [0.29, 0.717) is 36.4 Å². The third-order valence-electron chi connectivity index (χ3n) is 5.76. The summed E-state index contributed by atoms with van der Waals surface area (Å²) in [6, 6.07) is 10.1. The molecule has 0 bridgehead atoms. The Morgan fingerprint density at radius 3 is 2.68 bits per heavy atom. The van der Waals surface area contributed by atoms with E-state index in [9.17, 15) is 14.4 Å². The molecule has 0 spiro atoms. The van der Waals surface area contributed by atoms with Gasteiger partial charge in [0, 0.05) is 43.4 Å². The zero-order valence-corrected chi connectivity index (χ0v) is 16.5. The van der Waals surface area contributed by atoms with Crippen LogP contribution in [0.3, 0.4) is 0 Å². The van der Waals surface area contributed by atoms with E-state index in [4.69, 9.17) is 15.2 Å². The van der Waals surface area contributed by atoms with Crippen LogP contribution in [0.15, 0.2) is 54.9 Å². The maximum absolute atomic E-state index is 12.8. The summed E-state index contributed by atoms with van der Waals surface area (Å²) in [5, 5.41) is 0. The lowest BCUT2D eigenvalue weighted by Gasteiger charge is -2.40. The maximum Gasteiger partial charge on any atom is 0.348 e. The molecule has 3 aliphatic heterocycles. The molecule has 1 fully saturated rings. The molecular formula is C22H20N4O5. The second-order valence-electron chi connectivity index (χ2n) is 7.60. The average Bonchev–Trinajstić information content (AvgIpc) is 3.39. The molecule has 31 heavy (non-hydrogen) atoms. The Morgan fingerprint density at radius 2 is 1.94 bits per heavy atom. The van der Waals surface area contributed by atoms with Gasteiger partial charge in [0.2, 0.25) is 5.91 Å². The van der Waals surface area contributed by atoms with Crippen molar-refractivity contribution in [2.24, 2.45) is 5.73 Å². The van der Waals surface area contributed by atoms with Gasteiger partial charge in [-0.15, -0.1) is 0 Å². The fourth-order valence-electron chi connectivity index (χ4n) is 4.36. The van der Waals surface area contributed by atoms with E-state index in [0.717, 1.165) is 5.56 Å². The van der Waals surface area contributed by atoms with Crippen LogP contribution in [-0.4, -0.2) is 57.6 Å². The van der Waals surface area contributed by atoms with Crippen molar-refractivity contribution in [2.45, 2.75) is 31.2 Å². The highest BCUT2D eigenvalue weighted by Crippen LogP contribution is 2.36. The number of ether oxygens (including phenoxy) is 2. The van der Waals surface area contributed by atoms with Crippen LogP contribution < -0.4 is 10.5 Å². The van der Waals surface area contributed by atoms with E-state index in [1.54, 1.807) is 30.6 Å². The molecule has 0 saturated carbocycles. The normalized spacial score (nSPS) is 24.2. The number of benzene rings is 1. The van der Waals surface area contributed by atoms with Gasteiger partial charge in [0.15, 0.2) is 12.3 Å². The summed E-state index contributed by atoms with van der Waals surface area (Å²) >= 11 is 0. The third-order valence-corrected chi connectivity index (χ3v) is 5.76. The monoisotopic (exact) mass is 420 g/mol. The maximum atomic E-state index is 12.8. The number of carbonyl (C=O) groups is 3. The molecule has 3 atom stereocenters. The number of hydrogen-bond donors (Lipinski definition) is 1. The van der Waals surface area contributed by atoms with Crippen molar-refractivity contribution in [1.82, 2.24) is 14.8 Å². The number of amides is 3. The molecule has 3 unspecified atom stereocenters. The first-order valence-electron chi connectivity index (χ1n) is 9.99. The van der Waals surface area contributed by atoms with Crippen molar-refractivity contribution in [3.63, 3.8) is 0 Å². The van der Waals surface area contributed by atoms with Gasteiger partial charge in [-0.3, -0.25) is 14.7 Å². The average molecular weight is 420 g/mol. The highest BCUT2D eigenvalue weighted by Gasteiger charge is 2.49. The van der Waals surface area contributed by atoms with Crippen LogP contribution in [0.4, 0.5) is 4.79 Å². The summed E-state index contributed by atoms with van der Waals surface area (Å²) in [5.41, 5.74) is 7.61. The number of hydrogen-bond acceptors (Lipinski definition) is 6. The Labute approximate surface area is 178 Å². The SMILES string of the molecule is NC(=O)N1C(c2ccncc2)=CC(=O)N2CCC(OC(=O)C3Cc4ccccc4O3)C21. The minimum Gasteiger partial charge on any atom is -0.478 e. The minimum absolute atomic E-state index is 0.266. The second kappa shape index (κ2) is 7.42. The topological polar surface area (TPSA) is 115 Å². The predicted molar refractivity (Wildman–Crippen MR) is 108 cm³/mol. The quantitative estimate of drug-likeness (QED) is 0.749. The lowest BCUT2D eigenvalue weighted by Crippen LogP contribution is -2.58. The summed E-state index contributed by atoms with van der Waals surface area (Å²) in [6.45, 7) is 0.344. The van der Waals surface area contributed by atoms with E-state index in [2.05, 4.69) is 4.98 Å². The minimum atomic E-state index is -0.814. The van der Waals surface area contributed by atoms with Gasteiger partial charge in [-0.25, -0.2) is 9.59 Å². The molecule has 5 rings (SSSR count). The summed E-state index contributed by atoms with van der Waals surface area (Å²) in [5.74, 6) is -0.135. The predicted octanol–water partition coefficient (Wildman–Crippen LogP) is 1.29. The van der Waals surface area contributed by atoms with Crippen LogP contribution in [0.2, 0.25) is 0 Å². The summed E-state index contributed by atoms with van der Waals surface area (Å²) in [4.78, 5) is 44.8. The summed E-state index contributed by atoms with van der Waals surface area (Å²) in [6.07, 6.45) is 3.01. The molecule has 1 aromatic carbocycles. The number of urea groups is 1. The molecule has 1 aromatic heterocycles. The van der Waals surface area contributed by atoms with Crippen LogP contribution in [0.25, 0.3) is 5.70 Å². The molecule has 9 nitrogen and oxygen atoms in total. The van der Waals surface area contributed by atoms with E-state index < -0.39 is 30.4 Å². The molecular weight excluding hydrogens is 400 g/mol. The Kier molecular flexibility index (Phi) is 4.58. The van der Waals surface area contributed by atoms with Gasteiger partial charge in [0.25, 0.3) is 0 Å². The Bertz CT molecular complexity index is 1060. The van der Waals surface area contributed by atoms with Crippen LogP contribution in [0.5, 0.6) is 5.75 Å². The fraction of sp³-hybridized carbons (Fsp3) is 0.273. The van der Waals surface area contributed by atoms with Crippen molar-refractivity contribution in [2.75, 3.05) is 6.54 Å². The number of esters is 1. The van der Waals surface area contributed by atoms with Crippen molar-refractivity contribution < 1.29 is 23.9 Å². The van der Waals surface area contributed by atoms with E-state index in [-0.39, 0.29) is 5.91 Å². The molecule has 3 amide bonds. The Morgan fingerprint density at radius 1 is 1.16 bits per heavy atom. The van der Waals surface area contributed by atoms with Gasteiger partial charge in [0.1, 0.15) is 11.9 Å². The fourth-order valence-corrected chi connectivity index (χ4v) is 4.36. The van der Waals surface area contributed by atoms with Crippen molar-refractivity contribution in [3.05, 3.63) is 66.0 Å². The van der Waals surface area contributed by atoms with Crippen molar-refractivity contribution in [1.29, 1.82) is 0 Å². The summed E-state index contributed by atoms with van der Waals surface area (Å²) < 4.78 is 11.5. The van der Waals surface area contributed by atoms with E-state index in [1.165, 1.54) is 15.9 Å². The molecule has 4 heterocycles. The van der Waals surface area contributed by atoms with Crippen molar-refractivity contribution in [3.8, 4) is 5.75 Å². The van der Waals surface area contributed by atoms with Crippen LogP contribution >= 0.6 is 0 Å². The molecule has 2 N–H and O–H groups in total. The zero-order chi connectivity index (χ0) is 21.5. The first-order chi connectivity index (χ1) is 15.0. The highest BCUT2D eigenvalue weighted by atomic mass is 16.6. The molecule has 2 aromatic rings. The van der Waals surface area contributed by atoms with Gasteiger partial charge in [-0.2, -0.15) is 0 Å². The van der Waals surface area contributed by atoms with Gasteiger partial charge < -0.3 is 20.1 Å². The number of carbonyl (C=O) groups excluding carboxylic acids is 3. The summed E-state index contributed by atoms with van der Waals surface area (Å²) in [7, 11) is 0. The number of para-hydroxylation sites is 1. The van der Waals surface area contributed by atoms with E-state index >= 15 is 0 Å². The molecule has 0 radical (unpaired) electrons. The lowest BCUT2D eigenvalue weighted by molar-refractivity contribution is -0.161. The molecule has 158 valence electrons. The Hall–Kier alpha value is -3.88. The largest absolute Gasteiger partial charge is 0.478 e. The highest BCUT2D eigenvalue weighted by molar-refractivity contribution is 6.01. The standard InChI is InChI=1S/C22H20N4O5/c23-22(29)26-15(13-5-8-24-9-6-13)12-19(27)25-10-7-17(20(25)26)31-21(28)18-11-14-3-1-2-4-16(14)30-18/h1-6,8-9,12,17-18,20H,7,10-11H2,(H2,23,29). The number of fused-ring (bicyclic) bond motifs is 2. The van der Waals surface area contributed by atoms with Crippen LogP contribution in [-0.2, 0) is 20.7 Å². The number of pyridine rings is 1. The number of rotatable bonds is 3. The van der Waals surface area contributed by atoms with Crippen LogP contribution in [0.1, 0.15) is 17.5 Å². The molecule has 3 aliphatic rings. The number of aromatic nitrogens is 1. The van der Waals surface area contributed by atoms with Gasteiger partial charge in [-0.05, 0) is 23.8 Å². The first-order valence-corrected chi connectivity index (χ1v) is 9.99. The smallest absolute Gasteiger partial charge is 0.348 e. The molecule has 0 aliphatic carbocycles. The van der Waals surface area contributed by atoms with Gasteiger partial charge >= 0.3 is 12.0 Å². The number of nitrogens with zero attached hydrogens (tertiary/aromatic N) is 3. The third kappa shape index (κ3) is 3.27. The number of primary amides is 1.